The van der Waals surface area contributed by atoms with Crippen LogP contribution in [0.5, 0.6) is 0 Å². The molecule has 2 atom stereocenters. The molecule has 1 aromatic rings. The minimum absolute atomic E-state index is 0.0194. The van der Waals surface area contributed by atoms with Crippen molar-refractivity contribution in [2.75, 3.05) is 12.3 Å². The Labute approximate surface area is 97.1 Å². The summed E-state index contributed by atoms with van der Waals surface area (Å²) < 4.78 is 13.0. The number of benzene rings is 1. The Morgan fingerprint density at radius 1 is 1.38 bits per heavy atom. The van der Waals surface area contributed by atoms with Crippen LogP contribution in [0.15, 0.2) is 12.1 Å². The van der Waals surface area contributed by atoms with E-state index < -0.39 is 18.0 Å². The highest BCUT2D eigenvalue weighted by Crippen LogP contribution is 2.31. The first-order valence-corrected chi connectivity index (χ1v) is 5.06. The van der Waals surface area contributed by atoms with Crippen LogP contribution in [0, 0.1) is 5.82 Å². The minimum Gasteiger partial charge on any atom is -0.397 e. The number of nitrogen functional groups attached to an aromatic ring is 1. The molecule has 1 rings (SSSR count). The Morgan fingerprint density at radius 2 is 2.00 bits per heavy atom. The summed E-state index contributed by atoms with van der Waals surface area (Å²) in [7, 11) is 0. The molecule has 0 saturated heterocycles. The molecule has 6 heteroatoms. The lowest BCUT2D eigenvalue weighted by Gasteiger charge is -2.19. The molecule has 0 bridgehead atoms. The van der Waals surface area contributed by atoms with Gasteiger partial charge in [-0.3, -0.25) is 0 Å². The summed E-state index contributed by atoms with van der Waals surface area (Å²) in [5.41, 5.74) is 5.59. The Morgan fingerprint density at radius 3 is 2.56 bits per heavy atom. The molecule has 5 N–H and O–H groups in total. The SMILES string of the molecule is Nc1c(Cl)cc(F)cc1C(O)C(O)CCO. The fourth-order valence-electron chi connectivity index (χ4n) is 1.35. The normalized spacial score (nSPS) is 14.8. The van der Waals surface area contributed by atoms with Gasteiger partial charge in [-0.05, 0) is 18.6 Å². The van der Waals surface area contributed by atoms with E-state index in [1.54, 1.807) is 0 Å². The van der Waals surface area contributed by atoms with Crippen molar-refractivity contribution < 1.29 is 19.7 Å². The van der Waals surface area contributed by atoms with Crippen LogP contribution in [0.25, 0.3) is 0 Å². The van der Waals surface area contributed by atoms with Gasteiger partial charge in [-0.1, -0.05) is 11.6 Å². The van der Waals surface area contributed by atoms with Gasteiger partial charge in [0.1, 0.15) is 11.9 Å². The standard InChI is InChI=1S/C10H13ClFNO3/c11-7-4-5(12)3-6(9(7)13)10(16)8(15)1-2-14/h3-4,8,10,14-16H,1-2,13H2. The maximum Gasteiger partial charge on any atom is 0.125 e. The number of halogens is 2. The van der Waals surface area contributed by atoms with Gasteiger partial charge in [-0.15, -0.1) is 0 Å². The highest BCUT2D eigenvalue weighted by molar-refractivity contribution is 6.33. The second-order valence-electron chi connectivity index (χ2n) is 3.41. The average molecular weight is 250 g/mol. The zero-order chi connectivity index (χ0) is 12.3. The summed E-state index contributed by atoms with van der Waals surface area (Å²) in [6.45, 7) is -0.290. The third-order valence-electron chi connectivity index (χ3n) is 2.23. The molecule has 0 aliphatic heterocycles. The summed E-state index contributed by atoms with van der Waals surface area (Å²) in [5, 5.41) is 27.7. The molecule has 2 unspecified atom stereocenters. The number of rotatable bonds is 4. The minimum atomic E-state index is -1.37. The third-order valence-corrected chi connectivity index (χ3v) is 2.55. The molecule has 1 aromatic carbocycles. The number of aliphatic hydroxyl groups is 3. The van der Waals surface area contributed by atoms with E-state index in [1.165, 1.54) is 0 Å². The van der Waals surface area contributed by atoms with Crippen molar-refractivity contribution >= 4 is 17.3 Å². The highest BCUT2D eigenvalue weighted by atomic mass is 35.5. The van der Waals surface area contributed by atoms with Crippen LogP contribution in [0.4, 0.5) is 10.1 Å². The van der Waals surface area contributed by atoms with Crippen molar-refractivity contribution in [2.45, 2.75) is 18.6 Å². The van der Waals surface area contributed by atoms with Crippen LogP contribution in [-0.2, 0) is 0 Å². The molecule has 0 fully saturated rings. The molecule has 0 heterocycles. The van der Waals surface area contributed by atoms with E-state index in [0.29, 0.717) is 0 Å². The van der Waals surface area contributed by atoms with Crippen LogP contribution < -0.4 is 5.73 Å². The number of anilines is 1. The summed E-state index contributed by atoms with van der Waals surface area (Å²) in [5.74, 6) is -0.649. The van der Waals surface area contributed by atoms with E-state index in [4.69, 9.17) is 22.4 Å². The fourth-order valence-corrected chi connectivity index (χ4v) is 1.56. The smallest absolute Gasteiger partial charge is 0.125 e. The van der Waals surface area contributed by atoms with Crippen LogP contribution in [0.2, 0.25) is 5.02 Å². The molecule has 0 amide bonds. The van der Waals surface area contributed by atoms with Gasteiger partial charge in [0.2, 0.25) is 0 Å². The van der Waals surface area contributed by atoms with Crippen LogP contribution in [-0.4, -0.2) is 28.0 Å². The Balaban J connectivity index is 3.03. The fraction of sp³-hybridized carbons (Fsp3) is 0.400. The molecule has 0 saturated carbocycles. The number of hydrogen-bond donors (Lipinski definition) is 4. The first-order chi connectivity index (χ1) is 7.47. The quantitative estimate of drug-likeness (QED) is 0.596. The Hall–Kier alpha value is -0.880. The van der Waals surface area contributed by atoms with Crippen LogP contribution >= 0.6 is 11.6 Å². The molecule has 0 aromatic heterocycles. The van der Waals surface area contributed by atoms with Gasteiger partial charge >= 0.3 is 0 Å². The second-order valence-corrected chi connectivity index (χ2v) is 3.82. The monoisotopic (exact) mass is 249 g/mol. The van der Waals surface area contributed by atoms with Crippen molar-refractivity contribution in [3.05, 3.63) is 28.5 Å². The first kappa shape index (κ1) is 13.2. The molecule has 4 nitrogen and oxygen atoms in total. The predicted molar refractivity (Wildman–Crippen MR) is 58.5 cm³/mol. The maximum absolute atomic E-state index is 13.0. The Bertz CT molecular complexity index is 375. The molecule has 90 valence electrons. The van der Waals surface area contributed by atoms with Crippen molar-refractivity contribution in [1.82, 2.24) is 0 Å². The van der Waals surface area contributed by atoms with Crippen LogP contribution in [0.1, 0.15) is 18.1 Å². The molecular formula is C10H13ClFNO3. The maximum atomic E-state index is 13.0. The van der Waals surface area contributed by atoms with Crippen molar-refractivity contribution in [3.63, 3.8) is 0 Å². The van der Waals surface area contributed by atoms with Crippen molar-refractivity contribution in [2.24, 2.45) is 0 Å². The average Bonchev–Trinajstić information content (AvgIpc) is 2.22. The highest BCUT2D eigenvalue weighted by Gasteiger charge is 2.22. The predicted octanol–water partition coefficient (Wildman–Crippen LogP) is 0.838. The zero-order valence-electron chi connectivity index (χ0n) is 8.40. The van der Waals surface area contributed by atoms with Crippen molar-refractivity contribution in [3.8, 4) is 0 Å². The van der Waals surface area contributed by atoms with Gasteiger partial charge in [0.25, 0.3) is 0 Å². The molecule has 0 aliphatic carbocycles. The third kappa shape index (κ3) is 2.82. The molecular weight excluding hydrogens is 237 g/mol. The number of aliphatic hydroxyl groups excluding tert-OH is 3. The lowest BCUT2D eigenvalue weighted by molar-refractivity contribution is 0.00448. The molecule has 0 spiro atoms. The van der Waals surface area contributed by atoms with Gasteiger partial charge < -0.3 is 21.1 Å². The summed E-state index contributed by atoms with van der Waals surface area (Å²) in [4.78, 5) is 0. The first-order valence-electron chi connectivity index (χ1n) is 4.68. The van der Waals surface area contributed by atoms with E-state index >= 15 is 0 Å². The van der Waals surface area contributed by atoms with E-state index in [9.17, 15) is 14.6 Å². The van der Waals surface area contributed by atoms with Crippen LogP contribution in [0.3, 0.4) is 0 Å². The summed E-state index contributed by atoms with van der Waals surface area (Å²) >= 11 is 5.64. The largest absolute Gasteiger partial charge is 0.397 e. The lowest BCUT2D eigenvalue weighted by atomic mass is 10.0. The lowest BCUT2D eigenvalue weighted by Crippen LogP contribution is -2.20. The van der Waals surface area contributed by atoms with E-state index in [2.05, 4.69) is 0 Å². The number of hydrogen-bond acceptors (Lipinski definition) is 4. The molecule has 0 aliphatic rings. The molecule has 0 radical (unpaired) electrons. The zero-order valence-corrected chi connectivity index (χ0v) is 9.15. The van der Waals surface area contributed by atoms with E-state index in [-0.39, 0.29) is 29.3 Å². The molecule has 16 heavy (non-hydrogen) atoms. The Kier molecular flexibility index (Phi) is 4.49. The van der Waals surface area contributed by atoms with Crippen molar-refractivity contribution in [1.29, 1.82) is 0 Å². The van der Waals surface area contributed by atoms with Gasteiger partial charge in [0.05, 0.1) is 16.8 Å². The number of nitrogens with two attached hydrogens (primary N) is 1. The van der Waals surface area contributed by atoms with Gasteiger partial charge in [-0.2, -0.15) is 0 Å². The summed E-state index contributed by atoms with van der Waals surface area (Å²) in [6.07, 6.45) is -2.63. The van der Waals surface area contributed by atoms with Gasteiger partial charge in [-0.25, -0.2) is 4.39 Å². The van der Waals surface area contributed by atoms with E-state index in [0.717, 1.165) is 12.1 Å². The second kappa shape index (κ2) is 5.45. The van der Waals surface area contributed by atoms with Gasteiger partial charge in [0.15, 0.2) is 0 Å². The summed E-state index contributed by atoms with van der Waals surface area (Å²) in [6, 6.07) is 2.03. The van der Waals surface area contributed by atoms with E-state index in [1.807, 2.05) is 0 Å². The topological polar surface area (TPSA) is 86.7 Å². The van der Waals surface area contributed by atoms with Gasteiger partial charge in [0, 0.05) is 12.2 Å².